The molecule has 0 aromatic carbocycles. The number of amides is 1. The van der Waals surface area contributed by atoms with Crippen LogP contribution in [0.2, 0.25) is 0 Å². The van der Waals surface area contributed by atoms with Crippen LogP contribution in [0.15, 0.2) is 18.3 Å². The second-order valence-electron chi connectivity index (χ2n) is 5.83. The van der Waals surface area contributed by atoms with E-state index in [0.29, 0.717) is 0 Å². The van der Waals surface area contributed by atoms with Crippen LogP contribution in [0, 0.1) is 0 Å². The van der Waals surface area contributed by atoms with Gasteiger partial charge in [-0.2, -0.15) is 0 Å². The number of pyridine rings is 1. The van der Waals surface area contributed by atoms with E-state index in [-0.39, 0.29) is 11.9 Å². The van der Waals surface area contributed by atoms with Crippen LogP contribution in [0.25, 0.3) is 0 Å². The predicted octanol–water partition coefficient (Wildman–Crippen LogP) is 2.76. The Hall–Kier alpha value is -1.58. The first kappa shape index (κ1) is 13.4. The Labute approximate surface area is 120 Å². The summed E-state index contributed by atoms with van der Waals surface area (Å²) in [7, 11) is 0. The summed E-state index contributed by atoms with van der Waals surface area (Å²) < 4.78 is 0. The highest BCUT2D eigenvalue weighted by atomic mass is 16.2. The minimum absolute atomic E-state index is 0.186. The Bertz CT molecular complexity index is 482. The molecule has 1 aromatic rings. The van der Waals surface area contributed by atoms with Crippen LogP contribution in [0.3, 0.4) is 0 Å². The number of rotatable bonds is 2. The molecule has 1 atom stereocenters. The SMILES string of the molecule is CC(=O)N1CCCC[C@@H]1c1cccnc1N1CCCC1. The monoisotopic (exact) mass is 273 g/mol. The zero-order valence-corrected chi connectivity index (χ0v) is 12.2. The molecule has 0 N–H and O–H groups in total. The minimum atomic E-state index is 0.186. The smallest absolute Gasteiger partial charge is 0.219 e. The second-order valence-corrected chi connectivity index (χ2v) is 5.83. The van der Waals surface area contributed by atoms with Crippen molar-refractivity contribution in [2.45, 2.75) is 45.1 Å². The fraction of sp³-hybridized carbons (Fsp3) is 0.625. The molecule has 0 bridgehead atoms. The zero-order valence-electron chi connectivity index (χ0n) is 12.2. The molecule has 2 aliphatic rings. The molecule has 2 saturated heterocycles. The van der Waals surface area contributed by atoms with Gasteiger partial charge in [0.15, 0.2) is 0 Å². The van der Waals surface area contributed by atoms with E-state index in [9.17, 15) is 4.79 Å². The summed E-state index contributed by atoms with van der Waals surface area (Å²) in [5.41, 5.74) is 1.24. The molecule has 1 aromatic heterocycles. The molecule has 108 valence electrons. The van der Waals surface area contributed by atoms with Crippen LogP contribution in [0.4, 0.5) is 5.82 Å². The molecule has 3 rings (SSSR count). The van der Waals surface area contributed by atoms with Gasteiger partial charge < -0.3 is 9.80 Å². The largest absolute Gasteiger partial charge is 0.356 e. The van der Waals surface area contributed by atoms with Crippen LogP contribution >= 0.6 is 0 Å². The van der Waals surface area contributed by atoms with Gasteiger partial charge >= 0.3 is 0 Å². The fourth-order valence-corrected chi connectivity index (χ4v) is 3.49. The molecule has 2 aliphatic heterocycles. The summed E-state index contributed by atoms with van der Waals surface area (Å²) in [6.07, 6.45) is 7.75. The lowest BCUT2D eigenvalue weighted by Gasteiger charge is -2.37. The summed E-state index contributed by atoms with van der Waals surface area (Å²) in [6.45, 7) is 4.76. The third-order valence-corrected chi connectivity index (χ3v) is 4.49. The highest BCUT2D eigenvalue weighted by Gasteiger charge is 2.29. The van der Waals surface area contributed by atoms with E-state index in [0.717, 1.165) is 38.3 Å². The second kappa shape index (κ2) is 5.81. The molecule has 0 spiro atoms. The van der Waals surface area contributed by atoms with Gasteiger partial charge in [0.05, 0.1) is 6.04 Å². The number of carbonyl (C=O) groups is 1. The Morgan fingerprint density at radius 1 is 1.20 bits per heavy atom. The van der Waals surface area contributed by atoms with Gasteiger partial charge in [-0.25, -0.2) is 4.98 Å². The summed E-state index contributed by atoms with van der Waals surface area (Å²) in [4.78, 5) is 20.9. The maximum absolute atomic E-state index is 11.9. The molecule has 0 unspecified atom stereocenters. The molecule has 4 heteroatoms. The van der Waals surface area contributed by atoms with E-state index in [4.69, 9.17) is 0 Å². The molecule has 4 nitrogen and oxygen atoms in total. The van der Waals surface area contributed by atoms with Gasteiger partial charge in [-0.1, -0.05) is 6.07 Å². The van der Waals surface area contributed by atoms with Crippen molar-refractivity contribution in [2.75, 3.05) is 24.5 Å². The molecule has 3 heterocycles. The molecule has 2 fully saturated rings. The quantitative estimate of drug-likeness (QED) is 0.831. The average Bonchev–Trinajstić information content (AvgIpc) is 3.01. The number of aromatic nitrogens is 1. The predicted molar refractivity (Wildman–Crippen MR) is 79.7 cm³/mol. The maximum atomic E-state index is 11.9. The molecule has 0 radical (unpaired) electrons. The van der Waals surface area contributed by atoms with E-state index in [1.54, 1.807) is 6.92 Å². The molecular weight excluding hydrogens is 250 g/mol. The van der Waals surface area contributed by atoms with Crippen molar-refractivity contribution in [2.24, 2.45) is 0 Å². The molecular formula is C16H23N3O. The van der Waals surface area contributed by atoms with Crippen LogP contribution in [0.1, 0.15) is 50.6 Å². The van der Waals surface area contributed by atoms with E-state index >= 15 is 0 Å². The first-order valence-electron chi connectivity index (χ1n) is 7.74. The Morgan fingerprint density at radius 3 is 2.70 bits per heavy atom. The number of carbonyl (C=O) groups excluding carboxylic acids is 1. The van der Waals surface area contributed by atoms with E-state index in [2.05, 4.69) is 16.0 Å². The Balaban J connectivity index is 1.93. The number of piperidine rings is 1. The number of nitrogens with zero attached hydrogens (tertiary/aromatic N) is 3. The Kier molecular flexibility index (Phi) is 3.90. The lowest BCUT2D eigenvalue weighted by Crippen LogP contribution is -2.38. The number of hydrogen-bond donors (Lipinski definition) is 0. The summed E-state index contributed by atoms with van der Waals surface area (Å²) >= 11 is 0. The van der Waals surface area contributed by atoms with Gasteiger partial charge in [0, 0.05) is 38.3 Å². The van der Waals surface area contributed by atoms with Crippen molar-refractivity contribution in [3.8, 4) is 0 Å². The molecule has 1 amide bonds. The van der Waals surface area contributed by atoms with Crippen LogP contribution in [-0.2, 0) is 4.79 Å². The van der Waals surface area contributed by atoms with Crippen molar-refractivity contribution >= 4 is 11.7 Å². The normalized spacial score (nSPS) is 23.1. The average molecular weight is 273 g/mol. The minimum Gasteiger partial charge on any atom is -0.356 e. The van der Waals surface area contributed by atoms with Gasteiger partial charge in [-0.3, -0.25) is 4.79 Å². The lowest BCUT2D eigenvalue weighted by atomic mass is 9.95. The molecule has 20 heavy (non-hydrogen) atoms. The van der Waals surface area contributed by atoms with Crippen molar-refractivity contribution in [1.29, 1.82) is 0 Å². The third-order valence-electron chi connectivity index (χ3n) is 4.49. The topological polar surface area (TPSA) is 36.4 Å². The van der Waals surface area contributed by atoms with Gasteiger partial charge in [0.25, 0.3) is 0 Å². The van der Waals surface area contributed by atoms with Crippen molar-refractivity contribution in [1.82, 2.24) is 9.88 Å². The van der Waals surface area contributed by atoms with Crippen molar-refractivity contribution < 1.29 is 4.79 Å². The van der Waals surface area contributed by atoms with E-state index < -0.39 is 0 Å². The number of anilines is 1. The fourth-order valence-electron chi connectivity index (χ4n) is 3.49. The number of hydrogen-bond acceptors (Lipinski definition) is 3. The highest BCUT2D eigenvalue weighted by molar-refractivity contribution is 5.74. The van der Waals surface area contributed by atoms with E-state index in [1.807, 2.05) is 17.2 Å². The highest BCUT2D eigenvalue weighted by Crippen LogP contribution is 2.36. The van der Waals surface area contributed by atoms with Crippen molar-refractivity contribution in [3.63, 3.8) is 0 Å². The first-order valence-corrected chi connectivity index (χ1v) is 7.74. The summed E-state index contributed by atoms with van der Waals surface area (Å²) in [5.74, 6) is 1.29. The Morgan fingerprint density at radius 2 is 1.95 bits per heavy atom. The van der Waals surface area contributed by atoms with Crippen LogP contribution < -0.4 is 4.90 Å². The first-order chi connectivity index (χ1) is 9.77. The van der Waals surface area contributed by atoms with Gasteiger partial charge in [-0.05, 0) is 38.2 Å². The summed E-state index contributed by atoms with van der Waals surface area (Å²) in [6, 6.07) is 4.37. The third kappa shape index (κ3) is 2.51. The van der Waals surface area contributed by atoms with Gasteiger partial charge in [0.2, 0.25) is 5.91 Å². The molecule has 0 saturated carbocycles. The van der Waals surface area contributed by atoms with Crippen LogP contribution in [0.5, 0.6) is 0 Å². The zero-order chi connectivity index (χ0) is 13.9. The maximum Gasteiger partial charge on any atom is 0.219 e. The van der Waals surface area contributed by atoms with E-state index in [1.165, 1.54) is 24.8 Å². The standard InChI is InChI=1S/C16H23N3O/c1-13(20)19-12-3-2-8-15(19)14-7-6-9-17-16(14)18-10-4-5-11-18/h6-7,9,15H,2-5,8,10-12H2,1H3/t15-/m1/s1. The summed E-state index contributed by atoms with van der Waals surface area (Å²) in [5, 5.41) is 0. The lowest BCUT2D eigenvalue weighted by molar-refractivity contribution is -0.132. The number of likely N-dealkylation sites (tertiary alicyclic amines) is 1. The van der Waals surface area contributed by atoms with Crippen LogP contribution in [-0.4, -0.2) is 35.4 Å². The molecule has 0 aliphatic carbocycles. The van der Waals surface area contributed by atoms with Gasteiger partial charge in [-0.15, -0.1) is 0 Å². The van der Waals surface area contributed by atoms with Gasteiger partial charge in [0.1, 0.15) is 5.82 Å². The van der Waals surface area contributed by atoms with Crippen molar-refractivity contribution in [3.05, 3.63) is 23.9 Å².